The van der Waals surface area contributed by atoms with Crippen molar-refractivity contribution in [2.45, 2.75) is 71.6 Å². The van der Waals surface area contributed by atoms with Crippen LogP contribution < -0.4 is 10.2 Å². The maximum Gasteiger partial charge on any atom is 0.494 e. The zero-order valence-corrected chi connectivity index (χ0v) is 17.2. The maximum atomic E-state index is 6.14. The molecule has 1 aromatic rings. The van der Waals surface area contributed by atoms with Crippen molar-refractivity contribution in [2.24, 2.45) is 5.92 Å². The van der Waals surface area contributed by atoms with Gasteiger partial charge in [-0.1, -0.05) is 19.1 Å². The first-order valence-electron chi connectivity index (χ1n) is 10.0. The molecule has 2 aliphatic heterocycles. The Bertz CT molecular complexity index is 603. The van der Waals surface area contributed by atoms with E-state index in [2.05, 4.69) is 46.4 Å². The van der Waals surface area contributed by atoms with E-state index >= 15 is 0 Å². The monoisotopic (exact) mass is 359 g/mol. The summed E-state index contributed by atoms with van der Waals surface area (Å²) in [7, 11) is -0.341. The van der Waals surface area contributed by atoms with Gasteiger partial charge in [-0.2, -0.15) is 0 Å². The van der Waals surface area contributed by atoms with Crippen LogP contribution in [0.5, 0.6) is 5.75 Å². The molecule has 2 saturated heterocycles. The minimum atomic E-state index is -0.341. The van der Waals surface area contributed by atoms with Crippen LogP contribution in [0.3, 0.4) is 0 Å². The highest BCUT2D eigenvalue weighted by atomic mass is 16.7. The summed E-state index contributed by atoms with van der Waals surface area (Å²) in [5, 5.41) is 0. The average molecular weight is 359 g/mol. The Kier molecular flexibility index (Phi) is 5.71. The highest BCUT2D eigenvalue weighted by Gasteiger charge is 2.51. The van der Waals surface area contributed by atoms with Crippen LogP contribution in [0, 0.1) is 5.92 Å². The fourth-order valence-electron chi connectivity index (χ4n) is 3.75. The Morgan fingerprint density at radius 3 is 2.54 bits per heavy atom. The molecule has 0 aromatic heterocycles. The molecule has 0 bridgehead atoms. The third-order valence-corrected chi connectivity index (χ3v) is 6.54. The molecule has 0 spiro atoms. The number of ether oxygens (including phenoxy) is 1. The number of piperidine rings is 1. The number of nitrogens with zero attached hydrogens (tertiary/aromatic N) is 1. The molecular formula is C21H34BNO3. The molecule has 2 heterocycles. The van der Waals surface area contributed by atoms with Crippen LogP contribution in [0.15, 0.2) is 24.3 Å². The highest BCUT2D eigenvalue weighted by molar-refractivity contribution is 6.62. The van der Waals surface area contributed by atoms with Crippen molar-refractivity contribution in [1.29, 1.82) is 0 Å². The molecule has 2 atom stereocenters. The molecule has 0 saturated carbocycles. The second-order valence-electron chi connectivity index (χ2n) is 8.91. The van der Waals surface area contributed by atoms with Gasteiger partial charge in [0.1, 0.15) is 12.4 Å². The summed E-state index contributed by atoms with van der Waals surface area (Å²) < 4.78 is 18.3. The van der Waals surface area contributed by atoms with E-state index in [-0.39, 0.29) is 18.3 Å². The van der Waals surface area contributed by atoms with Crippen LogP contribution in [0.25, 0.3) is 0 Å². The molecule has 3 rings (SSSR count). The summed E-state index contributed by atoms with van der Waals surface area (Å²) in [5.41, 5.74) is 0.367. The van der Waals surface area contributed by atoms with Crippen molar-refractivity contribution >= 4 is 12.6 Å². The van der Waals surface area contributed by atoms with Crippen molar-refractivity contribution in [3.63, 3.8) is 0 Å². The van der Waals surface area contributed by atoms with Crippen LogP contribution in [-0.4, -0.2) is 49.0 Å². The Labute approximate surface area is 159 Å². The predicted octanol–water partition coefficient (Wildman–Crippen LogP) is 3.49. The summed E-state index contributed by atoms with van der Waals surface area (Å²) >= 11 is 0. The first kappa shape index (κ1) is 19.7. The van der Waals surface area contributed by atoms with Gasteiger partial charge in [0.25, 0.3) is 0 Å². The Balaban J connectivity index is 1.57. The second-order valence-corrected chi connectivity index (χ2v) is 8.91. The van der Waals surface area contributed by atoms with E-state index in [4.69, 9.17) is 14.0 Å². The molecule has 5 heteroatoms. The molecular weight excluding hydrogens is 325 g/mol. The van der Waals surface area contributed by atoms with Gasteiger partial charge in [-0.25, -0.2) is 0 Å². The molecule has 2 fully saturated rings. The number of hydrogen-bond donors (Lipinski definition) is 0. The molecule has 0 aliphatic carbocycles. The summed E-state index contributed by atoms with van der Waals surface area (Å²) in [6.07, 6.45) is 2.64. The van der Waals surface area contributed by atoms with Gasteiger partial charge < -0.3 is 14.0 Å². The van der Waals surface area contributed by atoms with Gasteiger partial charge in [0, 0.05) is 12.6 Å². The molecule has 0 radical (unpaired) electrons. The number of hydrogen-bond acceptors (Lipinski definition) is 4. The minimum Gasteiger partial charge on any atom is -0.492 e. The summed E-state index contributed by atoms with van der Waals surface area (Å²) in [4.78, 5) is 2.55. The van der Waals surface area contributed by atoms with Crippen molar-refractivity contribution in [3.05, 3.63) is 24.3 Å². The summed E-state index contributed by atoms with van der Waals surface area (Å²) in [6, 6.07) is 8.76. The van der Waals surface area contributed by atoms with Gasteiger partial charge in [-0.05, 0) is 77.5 Å². The zero-order valence-electron chi connectivity index (χ0n) is 17.2. The van der Waals surface area contributed by atoms with Gasteiger partial charge >= 0.3 is 7.12 Å². The molecule has 0 N–H and O–H groups in total. The normalized spacial score (nSPS) is 28.3. The van der Waals surface area contributed by atoms with E-state index in [0.29, 0.717) is 12.6 Å². The molecule has 26 heavy (non-hydrogen) atoms. The molecule has 144 valence electrons. The van der Waals surface area contributed by atoms with Crippen LogP contribution in [0.2, 0.25) is 0 Å². The fraction of sp³-hybridized carbons (Fsp3) is 0.714. The number of likely N-dealkylation sites (tertiary alicyclic amines) is 1. The molecule has 2 unspecified atom stereocenters. The van der Waals surface area contributed by atoms with E-state index in [9.17, 15) is 0 Å². The number of rotatable bonds is 5. The first-order chi connectivity index (χ1) is 12.2. The standard InChI is InChI=1S/C21H34BNO3/c1-16-9-8-12-23(17(16)2)13-14-24-19-11-7-10-18(15-19)22-25-20(3,4)21(5,6)26-22/h7,10-11,15-17H,8-9,12-14H2,1-6H3. The second kappa shape index (κ2) is 7.53. The Morgan fingerprint density at radius 1 is 1.15 bits per heavy atom. The van der Waals surface area contributed by atoms with Crippen LogP contribution in [0.4, 0.5) is 0 Å². The predicted molar refractivity (Wildman–Crippen MR) is 107 cm³/mol. The van der Waals surface area contributed by atoms with E-state index in [1.807, 2.05) is 24.3 Å². The first-order valence-corrected chi connectivity index (χ1v) is 10.0. The third kappa shape index (κ3) is 4.10. The largest absolute Gasteiger partial charge is 0.494 e. The van der Waals surface area contributed by atoms with Gasteiger partial charge in [0.15, 0.2) is 0 Å². The van der Waals surface area contributed by atoms with E-state index in [1.54, 1.807) is 0 Å². The molecule has 4 nitrogen and oxygen atoms in total. The lowest BCUT2D eigenvalue weighted by Crippen LogP contribution is -2.44. The van der Waals surface area contributed by atoms with Gasteiger partial charge in [0.2, 0.25) is 0 Å². The Morgan fingerprint density at radius 2 is 1.85 bits per heavy atom. The van der Waals surface area contributed by atoms with Crippen molar-refractivity contribution in [3.8, 4) is 5.75 Å². The fourth-order valence-corrected chi connectivity index (χ4v) is 3.75. The smallest absolute Gasteiger partial charge is 0.492 e. The van der Waals surface area contributed by atoms with Crippen molar-refractivity contribution < 1.29 is 14.0 Å². The molecule has 1 aromatic carbocycles. The lowest BCUT2D eigenvalue weighted by Gasteiger charge is -2.37. The lowest BCUT2D eigenvalue weighted by atomic mass is 9.79. The molecule has 0 amide bonds. The highest BCUT2D eigenvalue weighted by Crippen LogP contribution is 2.36. The summed E-state index contributed by atoms with van der Waals surface area (Å²) in [5.74, 6) is 1.66. The van der Waals surface area contributed by atoms with E-state index in [1.165, 1.54) is 19.4 Å². The maximum absolute atomic E-state index is 6.14. The molecule has 2 aliphatic rings. The van der Waals surface area contributed by atoms with Crippen molar-refractivity contribution in [1.82, 2.24) is 4.90 Å². The topological polar surface area (TPSA) is 30.9 Å². The van der Waals surface area contributed by atoms with E-state index < -0.39 is 0 Å². The van der Waals surface area contributed by atoms with Crippen molar-refractivity contribution in [2.75, 3.05) is 19.7 Å². The number of benzene rings is 1. The van der Waals surface area contributed by atoms with Crippen LogP contribution >= 0.6 is 0 Å². The van der Waals surface area contributed by atoms with E-state index in [0.717, 1.165) is 23.7 Å². The van der Waals surface area contributed by atoms with Gasteiger partial charge in [-0.15, -0.1) is 0 Å². The third-order valence-electron chi connectivity index (χ3n) is 6.54. The van der Waals surface area contributed by atoms with Crippen LogP contribution in [0.1, 0.15) is 54.4 Å². The SMILES string of the molecule is CC1CCCN(CCOc2cccc(B3OC(C)(C)C(C)(C)O3)c2)C1C. The van der Waals surface area contributed by atoms with Gasteiger partial charge in [0.05, 0.1) is 11.2 Å². The Hall–Kier alpha value is -1.04. The summed E-state index contributed by atoms with van der Waals surface area (Å²) in [6.45, 7) is 15.9. The average Bonchev–Trinajstić information content (AvgIpc) is 2.80. The quantitative estimate of drug-likeness (QED) is 0.753. The van der Waals surface area contributed by atoms with Crippen LogP contribution in [-0.2, 0) is 9.31 Å². The van der Waals surface area contributed by atoms with Gasteiger partial charge in [-0.3, -0.25) is 4.90 Å². The zero-order chi connectivity index (χ0) is 18.9. The minimum absolute atomic E-state index is 0.324. The lowest BCUT2D eigenvalue weighted by molar-refractivity contribution is 0.00578.